The second-order valence-electron chi connectivity index (χ2n) is 4.38. The molecule has 0 aliphatic carbocycles. The van der Waals surface area contributed by atoms with Crippen molar-refractivity contribution in [3.05, 3.63) is 27.7 Å². The molecular weight excluding hydrogens is 361 g/mol. The van der Waals surface area contributed by atoms with Crippen LogP contribution in [0.3, 0.4) is 0 Å². The molecule has 0 unspecified atom stereocenters. The topological polar surface area (TPSA) is 37.4 Å². The second-order valence-corrected chi connectivity index (χ2v) is 8.59. The van der Waals surface area contributed by atoms with Crippen LogP contribution in [0.2, 0.25) is 10.0 Å². The summed E-state index contributed by atoms with van der Waals surface area (Å²) in [5, 5.41) is 0.495. The van der Waals surface area contributed by atoms with Crippen molar-refractivity contribution < 1.29 is 8.42 Å². The van der Waals surface area contributed by atoms with Gasteiger partial charge in [0, 0.05) is 29.7 Å². The predicted octanol–water partition coefficient (Wildman–Crippen LogP) is 3.86. The lowest BCUT2D eigenvalue weighted by molar-refractivity contribution is 0.435. The minimum absolute atomic E-state index is 0.0502. The molecule has 0 amide bonds. The fourth-order valence-electron chi connectivity index (χ4n) is 2.01. The summed E-state index contributed by atoms with van der Waals surface area (Å²) in [7, 11) is -3.63. The van der Waals surface area contributed by atoms with E-state index in [1.165, 1.54) is 10.4 Å². The first-order valence-electron chi connectivity index (χ1n) is 6.08. The van der Waals surface area contributed by atoms with Gasteiger partial charge in [-0.15, -0.1) is 11.6 Å². The summed E-state index contributed by atoms with van der Waals surface area (Å²) in [6.45, 7) is 1.00. The van der Waals surface area contributed by atoms with Crippen molar-refractivity contribution in [1.82, 2.24) is 4.31 Å². The molecule has 2 rings (SSSR count). The molecule has 8 heteroatoms. The van der Waals surface area contributed by atoms with Gasteiger partial charge in [0.2, 0.25) is 10.0 Å². The highest BCUT2D eigenvalue weighted by Gasteiger charge is 2.28. The summed E-state index contributed by atoms with van der Waals surface area (Å²) >= 11 is 19.7. The van der Waals surface area contributed by atoms with Crippen LogP contribution in [0.4, 0.5) is 0 Å². The number of hydrogen-bond acceptors (Lipinski definition) is 3. The third-order valence-corrected chi connectivity index (χ3v) is 7.06. The van der Waals surface area contributed by atoms with E-state index in [1.807, 2.05) is 0 Å². The maximum absolute atomic E-state index is 12.7. The van der Waals surface area contributed by atoms with Gasteiger partial charge in [0.15, 0.2) is 0 Å². The van der Waals surface area contributed by atoms with Crippen molar-refractivity contribution in [2.24, 2.45) is 0 Å². The smallest absolute Gasteiger partial charge is 0.207 e. The van der Waals surface area contributed by atoms with Gasteiger partial charge in [-0.25, -0.2) is 8.42 Å². The Morgan fingerprint density at radius 2 is 1.95 bits per heavy atom. The Balaban J connectivity index is 2.45. The van der Waals surface area contributed by atoms with E-state index in [2.05, 4.69) is 0 Å². The molecule has 0 atom stereocenters. The normalized spacial score (nSPS) is 17.9. The van der Waals surface area contributed by atoms with E-state index in [1.54, 1.807) is 17.8 Å². The first-order chi connectivity index (χ1) is 9.46. The Labute approximate surface area is 138 Å². The van der Waals surface area contributed by atoms with Gasteiger partial charge in [0.1, 0.15) is 4.90 Å². The lowest BCUT2D eigenvalue weighted by Crippen LogP contribution is -2.33. The van der Waals surface area contributed by atoms with Crippen LogP contribution in [0.5, 0.6) is 0 Å². The zero-order chi connectivity index (χ0) is 14.8. The standard InChI is InChI=1S/C12H14Cl3NO2S2/c13-8-9-6-10(14)7-11(12(9)15)20(17,18)16-2-1-4-19-5-3-16/h6-7H,1-5,8H2. The predicted molar refractivity (Wildman–Crippen MR) is 86.7 cm³/mol. The van der Waals surface area contributed by atoms with Gasteiger partial charge in [-0.3, -0.25) is 0 Å². The SMILES string of the molecule is O=S(=O)(c1cc(Cl)cc(CCl)c1Cl)N1CCCSCC1. The number of halogens is 3. The minimum Gasteiger partial charge on any atom is -0.207 e. The van der Waals surface area contributed by atoms with Gasteiger partial charge in [0.05, 0.1) is 5.02 Å². The van der Waals surface area contributed by atoms with E-state index < -0.39 is 10.0 Å². The summed E-state index contributed by atoms with van der Waals surface area (Å²) < 4.78 is 26.9. The molecule has 20 heavy (non-hydrogen) atoms. The molecule has 1 fully saturated rings. The second kappa shape index (κ2) is 7.07. The van der Waals surface area contributed by atoms with E-state index in [0.717, 1.165) is 17.9 Å². The average molecular weight is 375 g/mol. The number of hydrogen-bond donors (Lipinski definition) is 0. The fourth-order valence-corrected chi connectivity index (χ4v) is 5.67. The molecule has 0 aromatic heterocycles. The number of thioether (sulfide) groups is 1. The molecule has 1 aromatic rings. The van der Waals surface area contributed by atoms with Gasteiger partial charge in [-0.1, -0.05) is 23.2 Å². The monoisotopic (exact) mass is 373 g/mol. The highest BCUT2D eigenvalue weighted by molar-refractivity contribution is 7.99. The van der Waals surface area contributed by atoms with Crippen LogP contribution in [0.15, 0.2) is 17.0 Å². The van der Waals surface area contributed by atoms with Crippen molar-refractivity contribution in [1.29, 1.82) is 0 Å². The average Bonchev–Trinajstić information content (AvgIpc) is 2.70. The van der Waals surface area contributed by atoms with Crippen LogP contribution in [-0.4, -0.2) is 37.3 Å². The molecule has 1 aliphatic rings. The Kier molecular flexibility index (Phi) is 5.91. The molecule has 112 valence electrons. The number of nitrogens with zero attached hydrogens (tertiary/aromatic N) is 1. The minimum atomic E-state index is -3.63. The largest absolute Gasteiger partial charge is 0.244 e. The van der Waals surface area contributed by atoms with Crippen LogP contribution < -0.4 is 0 Å². The Hall–Kier alpha value is 0.350. The quantitative estimate of drug-likeness (QED) is 0.754. The van der Waals surface area contributed by atoms with Gasteiger partial charge >= 0.3 is 0 Å². The molecule has 0 N–H and O–H groups in total. The molecule has 1 aromatic carbocycles. The van der Waals surface area contributed by atoms with Gasteiger partial charge in [0.25, 0.3) is 0 Å². The highest BCUT2D eigenvalue weighted by Crippen LogP contribution is 2.32. The molecule has 1 saturated heterocycles. The van der Waals surface area contributed by atoms with Crippen molar-refractivity contribution in [2.75, 3.05) is 24.6 Å². The number of rotatable bonds is 3. The van der Waals surface area contributed by atoms with Crippen LogP contribution in [0.25, 0.3) is 0 Å². The summed E-state index contributed by atoms with van der Waals surface area (Å²) in [5.74, 6) is 1.89. The Morgan fingerprint density at radius 1 is 1.20 bits per heavy atom. The van der Waals surface area contributed by atoms with Gasteiger partial charge in [-0.2, -0.15) is 16.1 Å². The number of alkyl halides is 1. The third kappa shape index (κ3) is 3.57. The van der Waals surface area contributed by atoms with Crippen molar-refractivity contribution in [3.63, 3.8) is 0 Å². The van der Waals surface area contributed by atoms with E-state index in [4.69, 9.17) is 34.8 Å². The van der Waals surface area contributed by atoms with Crippen molar-refractivity contribution >= 4 is 56.6 Å². The summed E-state index contributed by atoms with van der Waals surface area (Å²) in [5.41, 5.74) is 0.531. The first-order valence-corrected chi connectivity index (χ1v) is 9.97. The summed E-state index contributed by atoms with van der Waals surface area (Å²) in [6.07, 6.45) is 0.838. The van der Waals surface area contributed by atoms with Gasteiger partial charge in [-0.05, 0) is 29.9 Å². The highest BCUT2D eigenvalue weighted by atomic mass is 35.5. The number of sulfonamides is 1. The molecule has 0 radical (unpaired) electrons. The number of benzene rings is 1. The van der Waals surface area contributed by atoms with E-state index >= 15 is 0 Å². The van der Waals surface area contributed by atoms with Crippen LogP contribution >= 0.6 is 46.6 Å². The molecule has 3 nitrogen and oxygen atoms in total. The maximum atomic E-state index is 12.7. The Bertz CT molecular complexity index is 585. The van der Waals surface area contributed by atoms with Crippen LogP contribution in [0.1, 0.15) is 12.0 Å². The zero-order valence-electron chi connectivity index (χ0n) is 10.6. The maximum Gasteiger partial charge on any atom is 0.244 e. The Morgan fingerprint density at radius 3 is 2.65 bits per heavy atom. The fraction of sp³-hybridized carbons (Fsp3) is 0.500. The van der Waals surface area contributed by atoms with E-state index in [9.17, 15) is 8.42 Å². The molecule has 0 saturated carbocycles. The molecular formula is C12H14Cl3NO2S2. The molecule has 1 aliphatic heterocycles. The van der Waals surface area contributed by atoms with Gasteiger partial charge < -0.3 is 0 Å². The van der Waals surface area contributed by atoms with E-state index in [-0.39, 0.29) is 15.8 Å². The van der Waals surface area contributed by atoms with E-state index in [0.29, 0.717) is 23.7 Å². The summed E-state index contributed by atoms with van der Waals surface area (Å²) in [4.78, 5) is 0.0502. The van der Waals surface area contributed by atoms with Crippen molar-refractivity contribution in [2.45, 2.75) is 17.2 Å². The van der Waals surface area contributed by atoms with Crippen LogP contribution in [-0.2, 0) is 15.9 Å². The first kappa shape index (κ1) is 16.7. The molecule has 1 heterocycles. The van der Waals surface area contributed by atoms with Crippen LogP contribution in [0, 0.1) is 0 Å². The zero-order valence-corrected chi connectivity index (χ0v) is 14.5. The van der Waals surface area contributed by atoms with Crippen molar-refractivity contribution in [3.8, 4) is 0 Å². The molecule has 0 spiro atoms. The molecule has 0 bridgehead atoms. The lowest BCUT2D eigenvalue weighted by Gasteiger charge is -2.21. The summed E-state index contributed by atoms with van der Waals surface area (Å²) in [6, 6.07) is 2.99. The lowest BCUT2D eigenvalue weighted by atomic mass is 10.2. The third-order valence-electron chi connectivity index (χ3n) is 3.02.